The van der Waals surface area contributed by atoms with E-state index in [1.165, 1.54) is 19.3 Å². The van der Waals surface area contributed by atoms with E-state index in [1.54, 1.807) is 0 Å². The van der Waals surface area contributed by atoms with Gasteiger partial charge >= 0.3 is 0 Å². The smallest absolute Gasteiger partial charge is 0.275 e. The molecule has 0 saturated heterocycles. The maximum atomic E-state index is 12.5. The van der Waals surface area contributed by atoms with Crippen molar-refractivity contribution in [2.45, 2.75) is 45.1 Å². The topological polar surface area (TPSA) is 26.4 Å². The van der Waals surface area contributed by atoms with Crippen LogP contribution in [0.3, 0.4) is 0 Å². The van der Waals surface area contributed by atoms with Gasteiger partial charge in [-0.1, -0.05) is 19.3 Å². The summed E-state index contributed by atoms with van der Waals surface area (Å²) in [5.74, 6) is 0. The van der Waals surface area contributed by atoms with Crippen LogP contribution in [-0.4, -0.2) is 8.97 Å². The second-order valence-corrected chi connectivity index (χ2v) is 5.04. The van der Waals surface area contributed by atoms with Gasteiger partial charge < -0.3 is 8.97 Å². The van der Waals surface area contributed by atoms with Gasteiger partial charge in [0.05, 0.1) is 0 Å². The molecule has 0 spiro atoms. The van der Waals surface area contributed by atoms with Crippen molar-refractivity contribution >= 4 is 5.52 Å². The van der Waals surface area contributed by atoms with Crippen LogP contribution in [-0.2, 0) is 0 Å². The highest BCUT2D eigenvalue weighted by Gasteiger charge is 2.18. The van der Waals surface area contributed by atoms with Crippen LogP contribution in [0, 0.1) is 6.92 Å². The summed E-state index contributed by atoms with van der Waals surface area (Å²) in [6.45, 7) is 2.04. The van der Waals surface area contributed by atoms with E-state index in [1.807, 2.05) is 34.2 Å². The Balaban J connectivity index is 2.17. The van der Waals surface area contributed by atoms with Gasteiger partial charge in [-0.15, -0.1) is 0 Å². The maximum Gasteiger partial charge on any atom is 0.275 e. The lowest BCUT2D eigenvalue weighted by Crippen LogP contribution is -2.29. The summed E-state index contributed by atoms with van der Waals surface area (Å²) >= 11 is 0. The van der Waals surface area contributed by atoms with Crippen molar-refractivity contribution in [3.05, 3.63) is 40.6 Å². The Morgan fingerprint density at radius 1 is 1.24 bits per heavy atom. The van der Waals surface area contributed by atoms with E-state index in [0.717, 1.165) is 24.1 Å². The Labute approximate surface area is 101 Å². The molecule has 3 heteroatoms. The SMILES string of the molecule is Cc1cn2cccc2c(=O)n1C1CCCCC1. The Bertz CT molecular complexity index is 588. The van der Waals surface area contributed by atoms with Gasteiger partial charge in [0.25, 0.3) is 5.56 Å². The van der Waals surface area contributed by atoms with E-state index in [2.05, 4.69) is 6.20 Å². The molecule has 0 unspecified atom stereocenters. The molecule has 0 aliphatic heterocycles. The molecule has 2 heterocycles. The molecule has 17 heavy (non-hydrogen) atoms. The van der Waals surface area contributed by atoms with Crippen LogP contribution in [0.15, 0.2) is 29.3 Å². The predicted molar refractivity (Wildman–Crippen MR) is 68.5 cm³/mol. The van der Waals surface area contributed by atoms with Crippen molar-refractivity contribution in [2.75, 3.05) is 0 Å². The van der Waals surface area contributed by atoms with Crippen molar-refractivity contribution in [1.29, 1.82) is 0 Å². The van der Waals surface area contributed by atoms with Gasteiger partial charge in [-0.25, -0.2) is 0 Å². The van der Waals surface area contributed by atoms with Crippen molar-refractivity contribution in [3.8, 4) is 0 Å². The first-order valence-electron chi connectivity index (χ1n) is 6.46. The highest BCUT2D eigenvalue weighted by Crippen LogP contribution is 2.27. The molecule has 0 aromatic carbocycles. The van der Waals surface area contributed by atoms with E-state index >= 15 is 0 Å². The first-order valence-corrected chi connectivity index (χ1v) is 6.46. The number of hydrogen-bond donors (Lipinski definition) is 0. The molecule has 0 N–H and O–H groups in total. The third-order valence-electron chi connectivity index (χ3n) is 3.86. The first kappa shape index (κ1) is 10.6. The summed E-state index contributed by atoms with van der Waals surface area (Å²) in [5, 5.41) is 0. The van der Waals surface area contributed by atoms with Gasteiger partial charge in [-0.2, -0.15) is 0 Å². The Hall–Kier alpha value is -1.51. The zero-order valence-electron chi connectivity index (χ0n) is 10.2. The molecule has 1 aliphatic carbocycles. The lowest BCUT2D eigenvalue weighted by atomic mass is 9.95. The summed E-state index contributed by atoms with van der Waals surface area (Å²) in [6.07, 6.45) is 10.1. The summed E-state index contributed by atoms with van der Waals surface area (Å²) < 4.78 is 3.94. The lowest BCUT2D eigenvalue weighted by Gasteiger charge is -2.26. The fraction of sp³-hybridized carbons (Fsp3) is 0.500. The van der Waals surface area contributed by atoms with Gasteiger partial charge in [0.1, 0.15) is 5.52 Å². The van der Waals surface area contributed by atoms with Crippen molar-refractivity contribution in [3.63, 3.8) is 0 Å². The second-order valence-electron chi connectivity index (χ2n) is 5.04. The lowest BCUT2D eigenvalue weighted by molar-refractivity contribution is 0.341. The highest BCUT2D eigenvalue weighted by molar-refractivity contribution is 5.45. The third-order valence-corrected chi connectivity index (χ3v) is 3.86. The van der Waals surface area contributed by atoms with E-state index in [4.69, 9.17) is 0 Å². The van der Waals surface area contributed by atoms with Crippen LogP contribution >= 0.6 is 0 Å². The van der Waals surface area contributed by atoms with Crippen molar-refractivity contribution in [1.82, 2.24) is 8.97 Å². The molecule has 1 saturated carbocycles. The number of aryl methyl sites for hydroxylation is 1. The minimum absolute atomic E-state index is 0.168. The van der Waals surface area contributed by atoms with E-state index in [0.29, 0.717) is 6.04 Å². The molecule has 0 radical (unpaired) electrons. The standard InChI is InChI=1S/C14H18N2O/c1-11-10-15-9-5-8-13(15)14(17)16(11)12-6-3-2-4-7-12/h5,8-10,12H,2-4,6-7H2,1H3. The minimum Gasteiger partial charge on any atom is -0.317 e. The van der Waals surface area contributed by atoms with Gasteiger partial charge in [-0.05, 0) is 31.9 Å². The monoisotopic (exact) mass is 230 g/mol. The second kappa shape index (κ2) is 4.06. The van der Waals surface area contributed by atoms with E-state index in [9.17, 15) is 4.79 Å². The van der Waals surface area contributed by atoms with Crippen LogP contribution in [0.1, 0.15) is 43.8 Å². The minimum atomic E-state index is 0.168. The van der Waals surface area contributed by atoms with Gasteiger partial charge in [0.15, 0.2) is 0 Å². The van der Waals surface area contributed by atoms with Crippen molar-refractivity contribution in [2.24, 2.45) is 0 Å². The van der Waals surface area contributed by atoms with Crippen LogP contribution in [0.4, 0.5) is 0 Å². The van der Waals surface area contributed by atoms with Gasteiger partial charge in [0, 0.05) is 24.1 Å². The molecule has 1 aliphatic rings. The normalized spacial score (nSPS) is 17.7. The average Bonchev–Trinajstić information content (AvgIpc) is 2.78. The van der Waals surface area contributed by atoms with E-state index < -0.39 is 0 Å². The van der Waals surface area contributed by atoms with Gasteiger partial charge in [0.2, 0.25) is 0 Å². The molecular weight excluding hydrogens is 212 g/mol. The molecule has 0 atom stereocenters. The zero-order chi connectivity index (χ0) is 11.8. The fourth-order valence-corrected chi connectivity index (χ4v) is 3.03. The first-order chi connectivity index (χ1) is 8.27. The highest BCUT2D eigenvalue weighted by atomic mass is 16.1. The summed E-state index contributed by atoms with van der Waals surface area (Å²) in [7, 11) is 0. The van der Waals surface area contributed by atoms with Crippen LogP contribution < -0.4 is 5.56 Å². The molecule has 0 amide bonds. The zero-order valence-corrected chi connectivity index (χ0v) is 10.2. The summed E-state index contributed by atoms with van der Waals surface area (Å²) in [5.41, 5.74) is 2.04. The molecule has 0 bridgehead atoms. The molecule has 90 valence electrons. The number of rotatable bonds is 1. The molecule has 2 aromatic heterocycles. The third kappa shape index (κ3) is 1.70. The molecule has 1 fully saturated rings. The Morgan fingerprint density at radius 3 is 2.76 bits per heavy atom. The fourth-order valence-electron chi connectivity index (χ4n) is 3.03. The molecule has 3 nitrogen and oxygen atoms in total. The molecule has 3 rings (SSSR count). The Morgan fingerprint density at radius 2 is 2.00 bits per heavy atom. The van der Waals surface area contributed by atoms with Crippen LogP contribution in [0.2, 0.25) is 0 Å². The van der Waals surface area contributed by atoms with Crippen molar-refractivity contribution < 1.29 is 0 Å². The van der Waals surface area contributed by atoms with Crippen LogP contribution in [0.25, 0.3) is 5.52 Å². The maximum absolute atomic E-state index is 12.5. The van der Waals surface area contributed by atoms with Gasteiger partial charge in [-0.3, -0.25) is 4.79 Å². The number of aromatic nitrogens is 2. The number of hydrogen-bond acceptors (Lipinski definition) is 1. The Kier molecular flexibility index (Phi) is 2.54. The van der Waals surface area contributed by atoms with E-state index in [-0.39, 0.29) is 5.56 Å². The predicted octanol–water partition coefficient (Wildman–Crippen LogP) is 2.91. The summed E-state index contributed by atoms with van der Waals surface area (Å²) in [4.78, 5) is 12.5. The number of fused-ring (bicyclic) bond motifs is 1. The van der Waals surface area contributed by atoms with Crippen LogP contribution in [0.5, 0.6) is 0 Å². The quantitative estimate of drug-likeness (QED) is 0.739. The number of nitrogens with zero attached hydrogens (tertiary/aromatic N) is 2. The molecule has 2 aromatic rings. The average molecular weight is 230 g/mol. The largest absolute Gasteiger partial charge is 0.317 e. The molecular formula is C14H18N2O. The summed E-state index contributed by atoms with van der Waals surface area (Å²) in [6, 6.07) is 4.25.